The number of carbonyl (C=O) groups excluding carboxylic acids is 1. The molecule has 1 fully saturated rings. The molecule has 3 nitrogen and oxygen atoms in total. The Morgan fingerprint density at radius 2 is 1.89 bits per heavy atom. The molecule has 106 valence electrons. The molecule has 2 N–H and O–H groups in total. The van der Waals surface area contributed by atoms with E-state index in [1.165, 1.54) is 0 Å². The highest BCUT2D eigenvalue weighted by atomic mass is 35.5. The summed E-state index contributed by atoms with van der Waals surface area (Å²) >= 11 is 0. The monoisotopic (exact) mass is 294 g/mol. The van der Waals surface area contributed by atoms with E-state index in [4.69, 9.17) is 0 Å². The minimum atomic E-state index is -1.56. The summed E-state index contributed by atoms with van der Waals surface area (Å²) in [4.78, 5) is 11.7. The zero-order valence-electron chi connectivity index (χ0n) is 10.0. The van der Waals surface area contributed by atoms with Crippen LogP contribution in [0.5, 0.6) is 0 Å². The van der Waals surface area contributed by atoms with Crippen molar-refractivity contribution in [3.63, 3.8) is 0 Å². The molecule has 1 atom stereocenters. The van der Waals surface area contributed by atoms with Gasteiger partial charge in [0.15, 0.2) is 17.5 Å². The summed E-state index contributed by atoms with van der Waals surface area (Å²) in [6.45, 7) is 1.52. The molecule has 1 aliphatic heterocycles. The summed E-state index contributed by atoms with van der Waals surface area (Å²) in [5.74, 6) is -4.88. The number of halogens is 4. The van der Waals surface area contributed by atoms with E-state index in [0.717, 1.165) is 19.4 Å². The molecule has 0 saturated carbocycles. The fourth-order valence-electron chi connectivity index (χ4n) is 1.93. The number of carbonyl (C=O) groups is 1. The molecule has 0 bridgehead atoms. The zero-order chi connectivity index (χ0) is 13.1. The third-order valence-electron chi connectivity index (χ3n) is 2.88. The van der Waals surface area contributed by atoms with Gasteiger partial charge in [-0.2, -0.15) is 0 Å². The predicted octanol–water partition coefficient (Wildman–Crippen LogP) is 2.01. The number of nitrogens with one attached hydrogen (secondary N) is 2. The minimum absolute atomic E-state index is 0. The van der Waals surface area contributed by atoms with Gasteiger partial charge < -0.3 is 10.6 Å². The maximum atomic E-state index is 13.0. The third-order valence-corrected chi connectivity index (χ3v) is 2.88. The second-order valence-corrected chi connectivity index (χ2v) is 4.27. The van der Waals surface area contributed by atoms with Crippen LogP contribution in [0.2, 0.25) is 0 Å². The SMILES string of the molecule is Cl.O=C(NC1CCCNC1)c1cc(F)c(F)c(F)c1. The summed E-state index contributed by atoms with van der Waals surface area (Å²) in [5, 5.41) is 5.75. The highest BCUT2D eigenvalue weighted by Crippen LogP contribution is 2.14. The predicted molar refractivity (Wildman–Crippen MR) is 66.9 cm³/mol. The first-order chi connectivity index (χ1) is 8.58. The second kappa shape index (κ2) is 6.77. The van der Waals surface area contributed by atoms with Gasteiger partial charge >= 0.3 is 0 Å². The van der Waals surface area contributed by atoms with Gasteiger partial charge in [-0.1, -0.05) is 0 Å². The molecule has 1 amide bonds. The number of amides is 1. The molecule has 1 heterocycles. The number of benzene rings is 1. The van der Waals surface area contributed by atoms with Crippen molar-refractivity contribution in [2.45, 2.75) is 18.9 Å². The molecule has 19 heavy (non-hydrogen) atoms. The van der Waals surface area contributed by atoms with E-state index in [9.17, 15) is 18.0 Å². The smallest absolute Gasteiger partial charge is 0.251 e. The lowest BCUT2D eigenvalue weighted by molar-refractivity contribution is 0.0929. The fourth-order valence-corrected chi connectivity index (χ4v) is 1.93. The Balaban J connectivity index is 0.00000180. The van der Waals surface area contributed by atoms with E-state index in [1.807, 2.05) is 0 Å². The standard InChI is InChI=1S/C12H13F3N2O.ClH/c13-9-4-7(5-10(14)11(9)15)12(18)17-8-2-1-3-16-6-8;/h4-5,8,16H,1-3,6H2,(H,17,18);1H. The Hall–Kier alpha value is -1.27. The van der Waals surface area contributed by atoms with Crippen LogP contribution in [0.15, 0.2) is 12.1 Å². The first-order valence-corrected chi connectivity index (χ1v) is 5.74. The van der Waals surface area contributed by atoms with E-state index in [1.54, 1.807) is 0 Å². The molecule has 7 heteroatoms. The quantitative estimate of drug-likeness (QED) is 0.819. The Morgan fingerprint density at radius 3 is 2.42 bits per heavy atom. The average Bonchev–Trinajstić information content (AvgIpc) is 2.36. The number of rotatable bonds is 2. The molecule has 0 spiro atoms. The van der Waals surface area contributed by atoms with Gasteiger partial charge in [-0.05, 0) is 31.5 Å². The molecule has 1 unspecified atom stereocenters. The normalized spacial score (nSPS) is 18.6. The second-order valence-electron chi connectivity index (χ2n) is 4.27. The van der Waals surface area contributed by atoms with Crippen LogP contribution in [0.25, 0.3) is 0 Å². The van der Waals surface area contributed by atoms with Crippen molar-refractivity contribution in [1.82, 2.24) is 10.6 Å². The van der Waals surface area contributed by atoms with Gasteiger partial charge in [-0.15, -0.1) is 12.4 Å². The maximum absolute atomic E-state index is 13.0. The molecule has 1 aliphatic rings. The third kappa shape index (κ3) is 3.84. The molecule has 1 aromatic rings. The van der Waals surface area contributed by atoms with E-state index in [0.29, 0.717) is 18.7 Å². The molecule has 0 aliphatic carbocycles. The molecule has 1 aromatic carbocycles. The number of piperidine rings is 1. The summed E-state index contributed by atoms with van der Waals surface area (Å²) in [6.07, 6.45) is 1.74. The first-order valence-electron chi connectivity index (χ1n) is 5.74. The van der Waals surface area contributed by atoms with Gasteiger partial charge in [-0.3, -0.25) is 4.79 Å². The molecule has 0 aromatic heterocycles. The van der Waals surface area contributed by atoms with Crippen molar-refractivity contribution in [2.24, 2.45) is 0 Å². The Bertz CT molecular complexity index is 441. The van der Waals surface area contributed by atoms with E-state index in [2.05, 4.69) is 10.6 Å². The van der Waals surface area contributed by atoms with Crippen LogP contribution in [0.4, 0.5) is 13.2 Å². The topological polar surface area (TPSA) is 41.1 Å². The highest BCUT2D eigenvalue weighted by molar-refractivity contribution is 5.94. The lowest BCUT2D eigenvalue weighted by Gasteiger charge is -2.23. The number of hydrogen-bond acceptors (Lipinski definition) is 2. The minimum Gasteiger partial charge on any atom is -0.348 e. The highest BCUT2D eigenvalue weighted by Gasteiger charge is 2.19. The summed E-state index contributed by atoms with van der Waals surface area (Å²) in [5.41, 5.74) is -0.211. The van der Waals surface area contributed by atoms with E-state index < -0.39 is 23.4 Å². The van der Waals surface area contributed by atoms with Gasteiger partial charge in [0, 0.05) is 18.2 Å². The van der Waals surface area contributed by atoms with Crippen molar-refractivity contribution in [2.75, 3.05) is 13.1 Å². The average molecular weight is 295 g/mol. The van der Waals surface area contributed by atoms with Crippen molar-refractivity contribution in [1.29, 1.82) is 0 Å². The van der Waals surface area contributed by atoms with Crippen LogP contribution in [0.3, 0.4) is 0 Å². The van der Waals surface area contributed by atoms with E-state index >= 15 is 0 Å². The lowest BCUT2D eigenvalue weighted by Crippen LogP contribution is -2.45. The van der Waals surface area contributed by atoms with Gasteiger partial charge in [0.1, 0.15) is 0 Å². The van der Waals surface area contributed by atoms with Gasteiger partial charge in [-0.25, -0.2) is 13.2 Å². The lowest BCUT2D eigenvalue weighted by atomic mass is 10.1. The van der Waals surface area contributed by atoms with Crippen LogP contribution < -0.4 is 10.6 Å². The van der Waals surface area contributed by atoms with Crippen molar-refractivity contribution < 1.29 is 18.0 Å². The summed E-state index contributed by atoms with van der Waals surface area (Å²) < 4.78 is 38.7. The van der Waals surface area contributed by atoms with Crippen LogP contribution in [-0.4, -0.2) is 25.0 Å². The van der Waals surface area contributed by atoms with Gasteiger partial charge in [0.05, 0.1) is 0 Å². The summed E-state index contributed by atoms with van der Waals surface area (Å²) in [6, 6.07) is 1.33. The van der Waals surface area contributed by atoms with Crippen LogP contribution in [-0.2, 0) is 0 Å². The Morgan fingerprint density at radius 1 is 1.26 bits per heavy atom. The molecule has 0 radical (unpaired) electrons. The van der Waals surface area contributed by atoms with Gasteiger partial charge in [0.2, 0.25) is 0 Å². The zero-order valence-corrected chi connectivity index (χ0v) is 10.8. The fraction of sp³-hybridized carbons (Fsp3) is 0.417. The number of hydrogen-bond donors (Lipinski definition) is 2. The maximum Gasteiger partial charge on any atom is 0.251 e. The van der Waals surface area contributed by atoms with Crippen molar-refractivity contribution in [3.8, 4) is 0 Å². The Labute approximate surface area is 115 Å². The first kappa shape index (κ1) is 15.8. The molecular formula is C12H14ClF3N2O. The largest absolute Gasteiger partial charge is 0.348 e. The Kier molecular flexibility index (Phi) is 5.62. The van der Waals surface area contributed by atoms with Crippen LogP contribution >= 0.6 is 12.4 Å². The summed E-state index contributed by atoms with van der Waals surface area (Å²) in [7, 11) is 0. The molecule has 2 rings (SSSR count). The van der Waals surface area contributed by atoms with Crippen LogP contribution in [0.1, 0.15) is 23.2 Å². The molecule has 1 saturated heterocycles. The van der Waals surface area contributed by atoms with Crippen molar-refractivity contribution in [3.05, 3.63) is 35.1 Å². The van der Waals surface area contributed by atoms with Gasteiger partial charge in [0.25, 0.3) is 5.91 Å². The van der Waals surface area contributed by atoms with Crippen molar-refractivity contribution >= 4 is 18.3 Å². The van der Waals surface area contributed by atoms with Crippen LogP contribution in [0, 0.1) is 17.5 Å². The molecular weight excluding hydrogens is 281 g/mol. The van der Waals surface area contributed by atoms with E-state index in [-0.39, 0.29) is 24.0 Å².